The van der Waals surface area contributed by atoms with E-state index in [1.54, 1.807) is 30.1 Å². The second-order valence-electron chi connectivity index (χ2n) is 5.61. The van der Waals surface area contributed by atoms with E-state index in [0.29, 0.717) is 28.2 Å². The molecule has 4 aromatic rings. The number of nitrogens with one attached hydrogen (secondary N) is 1. The molecule has 10 heteroatoms. The van der Waals surface area contributed by atoms with Gasteiger partial charge >= 0.3 is 0 Å². The van der Waals surface area contributed by atoms with Crippen molar-refractivity contribution in [2.45, 2.75) is 0 Å². The van der Waals surface area contributed by atoms with Gasteiger partial charge in [-0.1, -0.05) is 12.1 Å². The third kappa shape index (κ3) is 2.61. The van der Waals surface area contributed by atoms with Crippen LogP contribution < -0.4 is 5.32 Å². The SMILES string of the molecule is Cn1cnc2c(Nc3cccc4ccn(S(C)(=O)=O)c34)nc(Cl)nc21. The van der Waals surface area contributed by atoms with Gasteiger partial charge in [-0.05, 0) is 23.7 Å². The van der Waals surface area contributed by atoms with E-state index in [1.165, 1.54) is 10.2 Å². The summed E-state index contributed by atoms with van der Waals surface area (Å²) in [5.41, 5.74) is 2.23. The Morgan fingerprint density at radius 1 is 1.20 bits per heavy atom. The molecule has 0 saturated heterocycles. The Morgan fingerprint density at radius 2 is 2.00 bits per heavy atom. The van der Waals surface area contributed by atoms with Crippen molar-refractivity contribution >= 4 is 55.2 Å². The first-order valence-corrected chi connectivity index (χ1v) is 9.49. The zero-order valence-corrected chi connectivity index (χ0v) is 14.9. The molecule has 25 heavy (non-hydrogen) atoms. The van der Waals surface area contributed by atoms with E-state index in [2.05, 4.69) is 20.3 Å². The quantitative estimate of drug-likeness (QED) is 0.552. The van der Waals surface area contributed by atoms with Crippen LogP contribution in [0.3, 0.4) is 0 Å². The number of rotatable bonds is 3. The Labute approximate surface area is 148 Å². The van der Waals surface area contributed by atoms with Gasteiger partial charge in [-0.2, -0.15) is 9.97 Å². The zero-order valence-electron chi connectivity index (χ0n) is 13.3. The summed E-state index contributed by atoms with van der Waals surface area (Å²) in [5.74, 6) is 0.407. The highest BCUT2D eigenvalue weighted by Crippen LogP contribution is 2.30. The van der Waals surface area contributed by atoms with Gasteiger partial charge in [0.2, 0.25) is 15.3 Å². The first kappa shape index (κ1) is 15.9. The molecule has 4 rings (SSSR count). The number of benzene rings is 1. The summed E-state index contributed by atoms with van der Waals surface area (Å²) >= 11 is 6.02. The van der Waals surface area contributed by atoms with E-state index in [0.717, 1.165) is 11.6 Å². The van der Waals surface area contributed by atoms with Crippen LogP contribution >= 0.6 is 11.6 Å². The molecule has 3 aromatic heterocycles. The number of imidazole rings is 1. The summed E-state index contributed by atoms with van der Waals surface area (Å²) in [4.78, 5) is 12.6. The molecule has 0 radical (unpaired) electrons. The van der Waals surface area contributed by atoms with E-state index in [1.807, 2.05) is 12.1 Å². The van der Waals surface area contributed by atoms with Crippen LogP contribution in [0.25, 0.3) is 22.1 Å². The second-order valence-corrected chi connectivity index (χ2v) is 7.81. The van der Waals surface area contributed by atoms with E-state index in [9.17, 15) is 8.42 Å². The third-order valence-corrected chi connectivity index (χ3v) is 5.01. The fourth-order valence-corrected chi connectivity index (χ4v) is 3.72. The molecule has 0 unspecified atom stereocenters. The van der Waals surface area contributed by atoms with Crippen molar-refractivity contribution in [3.63, 3.8) is 0 Å². The summed E-state index contributed by atoms with van der Waals surface area (Å²) in [7, 11) is -1.65. The molecule has 0 fully saturated rings. The summed E-state index contributed by atoms with van der Waals surface area (Å²) in [6.45, 7) is 0. The minimum atomic E-state index is -3.45. The van der Waals surface area contributed by atoms with Gasteiger partial charge in [0.25, 0.3) is 0 Å². The van der Waals surface area contributed by atoms with Gasteiger partial charge in [0.05, 0.1) is 23.8 Å². The molecule has 0 saturated carbocycles. The number of anilines is 2. The number of para-hydroxylation sites is 1. The number of halogens is 1. The molecular formula is C15H13ClN6O2S. The van der Waals surface area contributed by atoms with Crippen molar-refractivity contribution in [3.8, 4) is 0 Å². The van der Waals surface area contributed by atoms with Crippen LogP contribution in [0, 0.1) is 0 Å². The molecular weight excluding hydrogens is 364 g/mol. The number of hydrogen-bond donors (Lipinski definition) is 1. The van der Waals surface area contributed by atoms with Gasteiger partial charge in [0, 0.05) is 18.6 Å². The molecule has 0 aliphatic heterocycles. The largest absolute Gasteiger partial charge is 0.336 e. The predicted molar refractivity (Wildman–Crippen MR) is 96.8 cm³/mol. The maximum atomic E-state index is 12.1. The topological polar surface area (TPSA) is 94.7 Å². The smallest absolute Gasteiger partial charge is 0.236 e. The average Bonchev–Trinajstić information content (AvgIpc) is 3.12. The van der Waals surface area contributed by atoms with E-state index < -0.39 is 10.0 Å². The molecule has 1 N–H and O–H groups in total. The van der Waals surface area contributed by atoms with Crippen LogP contribution in [0.15, 0.2) is 36.8 Å². The second kappa shape index (κ2) is 5.43. The van der Waals surface area contributed by atoms with Crippen molar-refractivity contribution in [2.75, 3.05) is 11.6 Å². The average molecular weight is 377 g/mol. The van der Waals surface area contributed by atoms with Crippen LogP contribution in [0.2, 0.25) is 5.28 Å². The number of fused-ring (bicyclic) bond motifs is 2. The van der Waals surface area contributed by atoms with Crippen LogP contribution in [0.4, 0.5) is 11.5 Å². The first-order valence-electron chi connectivity index (χ1n) is 7.27. The maximum absolute atomic E-state index is 12.1. The molecule has 128 valence electrons. The van der Waals surface area contributed by atoms with Gasteiger partial charge in [0.1, 0.15) is 0 Å². The lowest BCUT2D eigenvalue weighted by molar-refractivity contribution is 0.595. The number of aryl methyl sites for hydroxylation is 1. The zero-order chi connectivity index (χ0) is 17.8. The van der Waals surface area contributed by atoms with E-state index >= 15 is 0 Å². The maximum Gasteiger partial charge on any atom is 0.236 e. The lowest BCUT2D eigenvalue weighted by Gasteiger charge is -2.11. The molecule has 0 aliphatic rings. The third-order valence-electron chi connectivity index (χ3n) is 3.82. The number of aromatic nitrogens is 5. The standard InChI is InChI=1S/C15H13ClN6O2S/c1-21-8-17-11-13(19-15(16)20-14(11)21)18-10-5-3-4-9-6-7-22(12(9)10)25(2,23)24/h3-8H,1-2H3,(H,18,19,20). The van der Waals surface area contributed by atoms with Crippen LogP contribution in [-0.2, 0) is 17.1 Å². The summed E-state index contributed by atoms with van der Waals surface area (Å²) < 4.78 is 27.1. The molecule has 0 aliphatic carbocycles. The lowest BCUT2D eigenvalue weighted by Crippen LogP contribution is -2.09. The molecule has 0 amide bonds. The normalized spacial score (nSPS) is 12.1. The lowest BCUT2D eigenvalue weighted by atomic mass is 10.2. The summed E-state index contributed by atoms with van der Waals surface area (Å²) in [5, 5.41) is 4.00. The molecule has 0 spiro atoms. The van der Waals surface area contributed by atoms with Crippen molar-refractivity contribution < 1.29 is 8.42 Å². The van der Waals surface area contributed by atoms with Crippen LogP contribution in [-0.4, -0.2) is 38.2 Å². The highest BCUT2D eigenvalue weighted by molar-refractivity contribution is 7.89. The monoisotopic (exact) mass is 376 g/mol. The molecule has 1 aromatic carbocycles. The van der Waals surface area contributed by atoms with Crippen LogP contribution in [0.1, 0.15) is 0 Å². The van der Waals surface area contributed by atoms with E-state index in [4.69, 9.17) is 11.6 Å². The highest BCUT2D eigenvalue weighted by Gasteiger charge is 2.16. The summed E-state index contributed by atoms with van der Waals surface area (Å²) in [6, 6.07) is 7.18. The Balaban J connectivity index is 1.94. The van der Waals surface area contributed by atoms with Crippen molar-refractivity contribution in [2.24, 2.45) is 7.05 Å². The van der Waals surface area contributed by atoms with Crippen molar-refractivity contribution in [1.82, 2.24) is 23.5 Å². The van der Waals surface area contributed by atoms with Crippen LogP contribution in [0.5, 0.6) is 0 Å². The van der Waals surface area contributed by atoms with Gasteiger partial charge in [-0.15, -0.1) is 0 Å². The van der Waals surface area contributed by atoms with Crippen molar-refractivity contribution in [3.05, 3.63) is 42.1 Å². The minimum absolute atomic E-state index is 0.0734. The molecule has 3 heterocycles. The highest BCUT2D eigenvalue weighted by atomic mass is 35.5. The van der Waals surface area contributed by atoms with Gasteiger partial charge in [-0.25, -0.2) is 17.4 Å². The summed E-state index contributed by atoms with van der Waals surface area (Å²) in [6.07, 6.45) is 4.29. The first-order chi connectivity index (χ1) is 11.8. The number of nitrogens with zero attached hydrogens (tertiary/aromatic N) is 5. The Kier molecular flexibility index (Phi) is 3.44. The number of hydrogen-bond acceptors (Lipinski definition) is 6. The minimum Gasteiger partial charge on any atom is -0.336 e. The van der Waals surface area contributed by atoms with Gasteiger partial charge < -0.3 is 9.88 Å². The Morgan fingerprint density at radius 3 is 2.76 bits per heavy atom. The molecule has 0 atom stereocenters. The Bertz CT molecular complexity index is 1230. The fourth-order valence-electron chi connectivity index (χ4n) is 2.74. The van der Waals surface area contributed by atoms with E-state index in [-0.39, 0.29) is 5.28 Å². The van der Waals surface area contributed by atoms with Crippen molar-refractivity contribution in [1.29, 1.82) is 0 Å². The fraction of sp³-hybridized carbons (Fsp3) is 0.133. The molecule has 8 nitrogen and oxygen atoms in total. The van der Waals surface area contributed by atoms with Gasteiger partial charge in [-0.3, -0.25) is 0 Å². The van der Waals surface area contributed by atoms with Gasteiger partial charge in [0.15, 0.2) is 17.0 Å². The Hall–Kier alpha value is -2.65. The molecule has 0 bridgehead atoms. The predicted octanol–water partition coefficient (Wildman–Crippen LogP) is 2.52.